The lowest BCUT2D eigenvalue weighted by molar-refractivity contribution is 0.660. The van der Waals surface area contributed by atoms with Crippen molar-refractivity contribution in [1.82, 2.24) is 19.9 Å². The molecular formula is C130H86N4. The molecule has 0 saturated carbocycles. The molecule has 4 heterocycles. The molecule has 0 spiro atoms. The van der Waals surface area contributed by atoms with Crippen LogP contribution in [0.2, 0.25) is 0 Å². The highest BCUT2D eigenvalue weighted by Gasteiger charge is 2.38. The van der Waals surface area contributed by atoms with Gasteiger partial charge in [-0.1, -0.05) is 404 Å². The van der Waals surface area contributed by atoms with Gasteiger partial charge in [-0.25, -0.2) is 19.9 Å². The predicted octanol–water partition coefficient (Wildman–Crippen LogP) is 34.9. The van der Waals surface area contributed by atoms with E-state index in [1.54, 1.807) is 0 Å². The topological polar surface area (TPSA) is 51.6 Å². The van der Waals surface area contributed by atoms with Crippen LogP contribution in [-0.4, -0.2) is 19.9 Å². The smallest absolute Gasteiger partial charge is 0.0794 e. The van der Waals surface area contributed by atoms with Crippen LogP contribution in [0.15, 0.2) is 449 Å². The molecule has 4 nitrogen and oxygen atoms in total. The average Bonchev–Trinajstić information content (AvgIpc) is 1.66. The summed E-state index contributed by atoms with van der Waals surface area (Å²) in [4.78, 5) is 21.6. The van der Waals surface area contributed by atoms with Crippen LogP contribution in [0.3, 0.4) is 0 Å². The van der Waals surface area contributed by atoms with Crippen LogP contribution in [0.5, 0.6) is 0 Å². The minimum Gasteiger partial charge on any atom is -0.248 e. The zero-order valence-corrected chi connectivity index (χ0v) is 74.5. The van der Waals surface area contributed by atoms with Crippen LogP contribution < -0.4 is 0 Å². The lowest BCUT2D eigenvalue weighted by Crippen LogP contribution is -2.15. The summed E-state index contributed by atoms with van der Waals surface area (Å²) in [5, 5.41) is 23.2. The van der Waals surface area contributed by atoms with Crippen LogP contribution in [0.4, 0.5) is 0 Å². The SMILES string of the molecule is CC1(C)c2ccccc2-c2ccc(-c3cc(-c4ccc(-c5cc(-c6ccccc6)cc(-c6ccccc6)n5)cc4)c4cc(-c5ccc6c(c5)C(C)(C)c5ccccc5-6)c5ccccc5c4n3)cc21.c1ccc2nc(-c3ccc(-c4cc(-c5ccc6c7ccccc7c7ccccc7c6c5)nc5c4cc(-c4ccc6c7ccccc7c7ccccc7c6c4)c4ccccc45)cc3)ccc2c1. The fraction of sp³-hybridized carbons (Fsp3) is 0.0462. The van der Waals surface area contributed by atoms with E-state index in [4.69, 9.17) is 19.9 Å². The van der Waals surface area contributed by atoms with Gasteiger partial charge >= 0.3 is 0 Å². The van der Waals surface area contributed by atoms with Crippen molar-refractivity contribution in [3.05, 3.63) is 471 Å². The van der Waals surface area contributed by atoms with E-state index in [0.29, 0.717) is 0 Å². The van der Waals surface area contributed by atoms with Gasteiger partial charge in [0.2, 0.25) is 0 Å². The molecule has 25 aromatic rings. The van der Waals surface area contributed by atoms with Crippen molar-refractivity contribution in [2.45, 2.75) is 38.5 Å². The normalized spacial score (nSPS) is 12.9. The maximum Gasteiger partial charge on any atom is 0.0794 e. The minimum atomic E-state index is -0.128. The second-order valence-electron chi connectivity index (χ2n) is 37.3. The minimum absolute atomic E-state index is 0.110. The molecule has 0 radical (unpaired) electrons. The highest BCUT2D eigenvalue weighted by molar-refractivity contribution is 6.28. The van der Waals surface area contributed by atoms with Gasteiger partial charge in [0.15, 0.2) is 0 Å². The quantitative estimate of drug-likeness (QED) is 0.128. The Balaban J connectivity index is 0.000000140. The summed E-state index contributed by atoms with van der Waals surface area (Å²) in [7, 11) is 0. The van der Waals surface area contributed by atoms with E-state index in [9.17, 15) is 0 Å². The molecule has 2 aliphatic carbocycles. The first-order valence-corrected chi connectivity index (χ1v) is 46.5. The third-order valence-electron chi connectivity index (χ3n) is 29.1. The number of para-hydroxylation sites is 1. The van der Waals surface area contributed by atoms with Gasteiger partial charge in [0.1, 0.15) is 0 Å². The van der Waals surface area contributed by atoms with Crippen molar-refractivity contribution in [1.29, 1.82) is 0 Å². The summed E-state index contributed by atoms with van der Waals surface area (Å²) in [5.74, 6) is 0. The molecule has 4 heteroatoms. The Morgan fingerprint density at radius 2 is 0.455 bits per heavy atom. The fourth-order valence-corrected chi connectivity index (χ4v) is 22.3. The summed E-state index contributed by atoms with van der Waals surface area (Å²) in [6.07, 6.45) is 0. The monoisotopic (exact) mass is 1700 g/mol. The number of aromatic nitrogens is 4. The van der Waals surface area contributed by atoms with Crippen molar-refractivity contribution in [3.63, 3.8) is 0 Å². The van der Waals surface area contributed by atoms with Gasteiger partial charge in [-0.3, -0.25) is 0 Å². The molecule has 27 rings (SSSR count). The largest absolute Gasteiger partial charge is 0.248 e. The third kappa shape index (κ3) is 12.7. The molecule has 4 aromatic heterocycles. The van der Waals surface area contributed by atoms with E-state index < -0.39 is 0 Å². The van der Waals surface area contributed by atoms with Crippen LogP contribution in [-0.2, 0) is 10.8 Å². The molecule has 0 amide bonds. The maximum atomic E-state index is 5.66. The number of hydrogen-bond donors (Lipinski definition) is 0. The standard InChI is InChI=1S/C66H48N2.C64H38N2/c1-65(2)57-25-15-13-22-49(57)51-33-31-45(35-59(51)65)54-39-56-55(42-27-29-44(30-28-42)62-38-47(41-17-7-5-8-18-41)37-61(67-62)43-19-9-6-10-20-43)40-63(68-64(56)53-24-12-11-21-48(53)54)46-32-34-52-50-23-14-16-26-58(50)66(3,4)60(52)36-46;1-12-24-61-40(13-1)31-34-62(65-61)41-27-25-39(26-28-41)57-38-63(43-30-33-54-49-19-5-3-15-45(49)47-17-7-9-21-51(47)59(54)36-43)66-64-55-23-11-10-22-52(55)56(37-60(57)64)42-29-32-53-48-18-4-2-14-44(48)46-16-6-8-20-50(46)58(53)35-42/h5-40H,1-4H3;1-38H. The molecule has 0 atom stereocenters. The van der Waals surface area contributed by atoms with E-state index in [0.717, 1.165) is 128 Å². The second-order valence-corrected chi connectivity index (χ2v) is 37.3. The van der Waals surface area contributed by atoms with Crippen LogP contribution in [0.25, 0.3) is 253 Å². The van der Waals surface area contributed by atoms with Gasteiger partial charge in [0.25, 0.3) is 0 Å². The molecule has 134 heavy (non-hydrogen) atoms. The summed E-state index contributed by atoms with van der Waals surface area (Å²) < 4.78 is 0. The van der Waals surface area contributed by atoms with Crippen molar-refractivity contribution in [2.75, 3.05) is 0 Å². The maximum absolute atomic E-state index is 5.66. The molecular weight excluding hydrogens is 1620 g/mol. The van der Waals surface area contributed by atoms with Crippen molar-refractivity contribution >= 4 is 119 Å². The van der Waals surface area contributed by atoms with Crippen LogP contribution in [0, 0.1) is 0 Å². The first kappa shape index (κ1) is 78.2. The molecule has 0 bridgehead atoms. The number of nitrogens with zero attached hydrogens (tertiary/aromatic N) is 4. The summed E-state index contributed by atoms with van der Waals surface area (Å²) in [6, 6.07) is 164. The molecule has 2 aliphatic rings. The molecule has 0 saturated heterocycles. The van der Waals surface area contributed by atoms with Gasteiger partial charge in [-0.2, -0.15) is 0 Å². The van der Waals surface area contributed by atoms with Gasteiger partial charge in [0.05, 0.1) is 45.0 Å². The highest BCUT2D eigenvalue weighted by atomic mass is 14.7. The Kier molecular flexibility index (Phi) is 18.0. The van der Waals surface area contributed by atoms with E-state index >= 15 is 0 Å². The van der Waals surface area contributed by atoms with Gasteiger partial charge in [-0.15, -0.1) is 0 Å². The lowest BCUT2D eigenvalue weighted by Gasteiger charge is -2.22. The van der Waals surface area contributed by atoms with Crippen molar-refractivity contribution in [2.24, 2.45) is 0 Å². The van der Waals surface area contributed by atoms with Gasteiger partial charge in [0, 0.05) is 65.6 Å². The molecule has 0 unspecified atom stereocenters. The Labute approximate surface area is 777 Å². The first-order valence-electron chi connectivity index (χ1n) is 46.5. The van der Waals surface area contributed by atoms with Crippen LogP contribution >= 0.6 is 0 Å². The second kappa shape index (κ2) is 30.9. The number of rotatable bonds is 10. The molecule has 21 aromatic carbocycles. The molecule has 0 fully saturated rings. The number of pyridine rings is 4. The Bertz CT molecular complexity index is 9100. The zero-order chi connectivity index (χ0) is 89.0. The van der Waals surface area contributed by atoms with Crippen molar-refractivity contribution < 1.29 is 0 Å². The van der Waals surface area contributed by atoms with Gasteiger partial charge < -0.3 is 0 Å². The summed E-state index contributed by atoms with van der Waals surface area (Å²) >= 11 is 0. The summed E-state index contributed by atoms with van der Waals surface area (Å²) in [6.45, 7) is 9.43. The lowest BCUT2D eigenvalue weighted by atomic mass is 9.81. The van der Waals surface area contributed by atoms with Gasteiger partial charge in [-0.05, 0) is 248 Å². The Morgan fingerprint density at radius 1 is 0.142 bits per heavy atom. The van der Waals surface area contributed by atoms with E-state index in [2.05, 4.69) is 477 Å². The fourth-order valence-electron chi connectivity index (χ4n) is 22.3. The zero-order valence-electron chi connectivity index (χ0n) is 74.5. The van der Waals surface area contributed by atoms with E-state index in [-0.39, 0.29) is 10.8 Å². The first-order chi connectivity index (χ1) is 65.9. The summed E-state index contributed by atoms with van der Waals surface area (Å²) in [5.41, 5.74) is 35.4. The Hall–Kier alpha value is -16.9. The molecule has 626 valence electrons. The number of fused-ring (bicyclic) bond motifs is 25. The number of hydrogen-bond acceptors (Lipinski definition) is 4. The van der Waals surface area contributed by atoms with Crippen molar-refractivity contribution in [3.8, 4) is 134 Å². The van der Waals surface area contributed by atoms with E-state index in [1.807, 2.05) is 0 Å². The van der Waals surface area contributed by atoms with Crippen LogP contribution in [0.1, 0.15) is 49.9 Å². The third-order valence-corrected chi connectivity index (χ3v) is 29.1. The Morgan fingerprint density at radius 3 is 0.948 bits per heavy atom. The molecule has 0 N–H and O–H groups in total. The average molecular weight is 1700 g/mol. The highest BCUT2D eigenvalue weighted by Crippen LogP contribution is 2.54. The number of benzene rings is 21. The van der Waals surface area contributed by atoms with E-state index in [1.165, 1.54) is 148 Å². The predicted molar refractivity (Wildman–Crippen MR) is 566 cm³/mol. The molecule has 0 aliphatic heterocycles.